The van der Waals surface area contributed by atoms with Gasteiger partial charge in [0.05, 0.1) is 29.0 Å². The summed E-state index contributed by atoms with van der Waals surface area (Å²) in [5.74, 6) is 0.407. The number of carbonyl (C=O) groups excluding carboxylic acids is 1. The number of nitrogens with one attached hydrogen (secondary N) is 1. The fourth-order valence-electron chi connectivity index (χ4n) is 3.58. The molecule has 0 spiro atoms. The van der Waals surface area contributed by atoms with Crippen LogP contribution in [0.25, 0.3) is 16.6 Å². The Kier molecular flexibility index (Phi) is 4.44. The van der Waals surface area contributed by atoms with Crippen LogP contribution in [0.15, 0.2) is 70.8 Å². The van der Waals surface area contributed by atoms with E-state index < -0.39 is 0 Å². The van der Waals surface area contributed by atoms with Crippen molar-refractivity contribution < 1.29 is 4.79 Å². The predicted octanol–water partition coefficient (Wildman–Crippen LogP) is 2.29. The van der Waals surface area contributed by atoms with E-state index in [0.717, 1.165) is 29.9 Å². The minimum Gasteiger partial charge on any atom is -0.296 e. The molecule has 1 amide bonds. The number of rotatable bonds is 4. The highest BCUT2D eigenvalue weighted by Crippen LogP contribution is 2.16. The average molecular weight is 398 g/mol. The van der Waals surface area contributed by atoms with Crippen molar-refractivity contribution in [1.82, 2.24) is 24.8 Å². The summed E-state index contributed by atoms with van der Waals surface area (Å²) in [4.78, 5) is 29.5. The van der Waals surface area contributed by atoms with Gasteiger partial charge >= 0.3 is 0 Å². The fraction of sp³-hybridized carbons (Fsp3) is 0.136. The first-order valence-corrected chi connectivity index (χ1v) is 9.66. The Hall–Kier alpha value is -4.07. The lowest BCUT2D eigenvalue weighted by Gasteiger charge is -2.06. The van der Waals surface area contributed by atoms with Gasteiger partial charge in [-0.3, -0.25) is 14.2 Å². The number of para-hydroxylation sites is 1. The van der Waals surface area contributed by atoms with Crippen molar-refractivity contribution in [3.63, 3.8) is 0 Å². The molecule has 1 aliphatic rings. The summed E-state index contributed by atoms with van der Waals surface area (Å²) in [6.45, 7) is 0.703. The highest BCUT2D eigenvalue weighted by molar-refractivity contribution is 5.98. The van der Waals surface area contributed by atoms with Crippen molar-refractivity contribution in [2.45, 2.75) is 19.4 Å². The van der Waals surface area contributed by atoms with Gasteiger partial charge in [-0.15, -0.1) is 0 Å². The average Bonchev–Trinajstić information content (AvgIpc) is 3.44. The number of fused-ring (bicyclic) bond motifs is 2. The molecule has 2 aromatic heterocycles. The Morgan fingerprint density at radius 2 is 2.03 bits per heavy atom. The van der Waals surface area contributed by atoms with E-state index in [1.165, 1.54) is 6.21 Å². The van der Waals surface area contributed by atoms with Gasteiger partial charge in [0.2, 0.25) is 0 Å². The summed E-state index contributed by atoms with van der Waals surface area (Å²) >= 11 is 0. The van der Waals surface area contributed by atoms with E-state index in [1.54, 1.807) is 33.6 Å². The molecular formula is C22H18N6O2. The van der Waals surface area contributed by atoms with Crippen molar-refractivity contribution in [3.05, 3.63) is 88.2 Å². The molecular weight excluding hydrogens is 380 g/mol. The number of hydrogen-bond acceptors (Lipinski definition) is 5. The summed E-state index contributed by atoms with van der Waals surface area (Å²) in [6, 6.07) is 14.6. The molecule has 2 aromatic carbocycles. The second-order valence-corrected chi connectivity index (χ2v) is 7.07. The van der Waals surface area contributed by atoms with E-state index in [4.69, 9.17) is 0 Å². The van der Waals surface area contributed by atoms with Crippen LogP contribution in [-0.4, -0.2) is 31.5 Å². The Balaban J connectivity index is 1.32. The fourth-order valence-corrected chi connectivity index (χ4v) is 3.58. The molecule has 0 atom stereocenters. The van der Waals surface area contributed by atoms with Gasteiger partial charge in [-0.25, -0.2) is 15.1 Å². The number of benzene rings is 2. The van der Waals surface area contributed by atoms with Crippen LogP contribution in [0, 0.1) is 0 Å². The quantitative estimate of drug-likeness (QED) is 0.422. The van der Waals surface area contributed by atoms with Crippen LogP contribution in [0.2, 0.25) is 0 Å². The number of aromatic nitrogens is 4. The van der Waals surface area contributed by atoms with Crippen molar-refractivity contribution in [3.8, 4) is 5.69 Å². The van der Waals surface area contributed by atoms with Crippen LogP contribution in [-0.2, 0) is 13.0 Å². The van der Waals surface area contributed by atoms with Gasteiger partial charge in [-0.1, -0.05) is 18.2 Å². The number of nitrogens with zero attached hydrogens (tertiary/aromatic N) is 5. The molecule has 4 aromatic rings. The topological polar surface area (TPSA) is 94.2 Å². The molecule has 1 N–H and O–H groups in total. The van der Waals surface area contributed by atoms with Gasteiger partial charge in [0.15, 0.2) is 0 Å². The third-order valence-corrected chi connectivity index (χ3v) is 5.08. The first-order chi connectivity index (χ1) is 14.7. The van der Waals surface area contributed by atoms with E-state index >= 15 is 0 Å². The van der Waals surface area contributed by atoms with Gasteiger partial charge in [-0.2, -0.15) is 10.2 Å². The molecule has 0 bridgehead atoms. The molecule has 0 fully saturated rings. The lowest BCUT2D eigenvalue weighted by Crippen LogP contribution is -2.22. The molecule has 0 aliphatic carbocycles. The van der Waals surface area contributed by atoms with Gasteiger partial charge in [0, 0.05) is 30.3 Å². The highest BCUT2D eigenvalue weighted by atomic mass is 16.2. The minimum absolute atomic E-state index is 0.0482. The van der Waals surface area contributed by atoms with Crippen molar-refractivity contribution >= 4 is 23.0 Å². The normalized spacial score (nSPS) is 13.1. The zero-order chi connectivity index (χ0) is 20.5. The zero-order valence-electron chi connectivity index (χ0n) is 16.0. The third kappa shape index (κ3) is 3.28. The van der Waals surface area contributed by atoms with E-state index in [2.05, 4.69) is 20.6 Å². The van der Waals surface area contributed by atoms with Gasteiger partial charge in [-0.05, 0) is 36.8 Å². The monoisotopic (exact) mass is 398 g/mol. The second-order valence-electron chi connectivity index (χ2n) is 7.07. The van der Waals surface area contributed by atoms with Crippen LogP contribution in [0.5, 0.6) is 0 Å². The molecule has 0 saturated carbocycles. The summed E-state index contributed by atoms with van der Waals surface area (Å²) in [7, 11) is 0. The minimum atomic E-state index is -0.369. The third-order valence-electron chi connectivity index (χ3n) is 5.08. The molecule has 1 aliphatic heterocycles. The van der Waals surface area contributed by atoms with Crippen molar-refractivity contribution in [2.24, 2.45) is 5.10 Å². The Labute approximate surface area is 171 Å². The molecule has 0 unspecified atom stereocenters. The number of hydrogen-bond donors (Lipinski definition) is 1. The summed E-state index contributed by atoms with van der Waals surface area (Å²) in [5.41, 5.74) is 5.09. The molecule has 8 heteroatoms. The van der Waals surface area contributed by atoms with Gasteiger partial charge in [0.25, 0.3) is 11.5 Å². The van der Waals surface area contributed by atoms with Crippen molar-refractivity contribution in [2.75, 3.05) is 0 Å². The van der Waals surface area contributed by atoms with Gasteiger partial charge < -0.3 is 0 Å². The van der Waals surface area contributed by atoms with Crippen LogP contribution < -0.4 is 11.0 Å². The Morgan fingerprint density at radius 3 is 2.90 bits per heavy atom. The van der Waals surface area contributed by atoms with Crippen molar-refractivity contribution in [1.29, 1.82) is 0 Å². The second kappa shape index (κ2) is 7.40. The first kappa shape index (κ1) is 18.0. The smallest absolute Gasteiger partial charge is 0.271 e. The van der Waals surface area contributed by atoms with Crippen LogP contribution in [0.1, 0.15) is 28.2 Å². The largest absolute Gasteiger partial charge is 0.296 e. The molecule has 0 radical (unpaired) electrons. The molecule has 8 nitrogen and oxygen atoms in total. The van der Waals surface area contributed by atoms with Crippen LogP contribution in [0.4, 0.5) is 0 Å². The molecule has 30 heavy (non-hydrogen) atoms. The zero-order valence-corrected chi connectivity index (χ0v) is 16.0. The van der Waals surface area contributed by atoms with E-state index in [1.807, 2.05) is 36.5 Å². The molecule has 3 heterocycles. The summed E-state index contributed by atoms with van der Waals surface area (Å²) in [6.07, 6.45) is 6.71. The molecule has 5 rings (SSSR count). The number of hydrazone groups is 1. The maximum absolute atomic E-state index is 12.5. The maximum Gasteiger partial charge on any atom is 0.271 e. The number of aryl methyl sites for hydroxylation is 1. The number of amides is 1. The lowest BCUT2D eigenvalue weighted by atomic mass is 10.1. The molecule has 148 valence electrons. The standard InChI is InChI=1S/C22H18N6O2/c29-21(26-23-12-15-13-24-28(14-15)17-5-2-1-3-6-17)16-8-9-18-19(11-16)25-20-7-4-10-27(20)22(18)30/h1-3,5-6,8-9,11-14H,4,7,10H2,(H,26,29)/b23-12-. The van der Waals surface area contributed by atoms with E-state index in [-0.39, 0.29) is 11.5 Å². The predicted molar refractivity (Wildman–Crippen MR) is 113 cm³/mol. The maximum atomic E-state index is 12.5. The Morgan fingerprint density at radius 1 is 1.17 bits per heavy atom. The summed E-state index contributed by atoms with van der Waals surface area (Å²) < 4.78 is 3.44. The number of carbonyl (C=O) groups is 1. The molecule has 0 saturated heterocycles. The Bertz CT molecular complexity index is 1340. The van der Waals surface area contributed by atoms with E-state index in [9.17, 15) is 9.59 Å². The SMILES string of the molecule is O=C(N/N=C\c1cnn(-c2ccccc2)c1)c1ccc2c(=O)n3c(nc2c1)CCC3. The lowest BCUT2D eigenvalue weighted by molar-refractivity contribution is 0.0955. The van der Waals surface area contributed by atoms with Crippen LogP contribution in [0.3, 0.4) is 0 Å². The van der Waals surface area contributed by atoms with Crippen LogP contribution >= 0.6 is 0 Å². The van der Waals surface area contributed by atoms with E-state index in [0.29, 0.717) is 23.0 Å². The highest BCUT2D eigenvalue weighted by Gasteiger charge is 2.17. The first-order valence-electron chi connectivity index (χ1n) is 9.66. The van der Waals surface area contributed by atoms with Gasteiger partial charge in [0.1, 0.15) is 5.82 Å². The summed E-state index contributed by atoms with van der Waals surface area (Å²) in [5, 5.41) is 8.82.